The van der Waals surface area contributed by atoms with Gasteiger partial charge in [-0.3, -0.25) is 4.79 Å². The summed E-state index contributed by atoms with van der Waals surface area (Å²) in [5, 5.41) is 11.0. The van der Waals surface area contributed by atoms with E-state index in [0.717, 1.165) is 0 Å². The number of ether oxygens (including phenoxy) is 1. The van der Waals surface area contributed by atoms with Gasteiger partial charge in [-0.2, -0.15) is 13.2 Å². The molecule has 0 aliphatic heterocycles. The van der Waals surface area contributed by atoms with Gasteiger partial charge in [-0.05, 0) is 6.42 Å². The first-order valence-corrected chi connectivity index (χ1v) is 4.85. The van der Waals surface area contributed by atoms with Gasteiger partial charge < -0.3 is 15.2 Å². The van der Waals surface area contributed by atoms with Crippen LogP contribution in [0.4, 0.5) is 13.2 Å². The number of nitrogens with one attached hydrogen (secondary N) is 1. The maximum absolute atomic E-state index is 11.8. The summed E-state index contributed by atoms with van der Waals surface area (Å²) in [7, 11) is 1.41. The lowest BCUT2D eigenvalue weighted by Gasteiger charge is -2.17. The van der Waals surface area contributed by atoms with Crippen LogP contribution in [0.5, 0.6) is 0 Å². The zero-order valence-corrected chi connectivity index (χ0v) is 9.01. The average Bonchev–Trinajstić information content (AvgIpc) is 2.14. The summed E-state index contributed by atoms with van der Waals surface area (Å²) in [5.41, 5.74) is 0. The fourth-order valence-electron chi connectivity index (χ4n) is 1.11. The number of halogens is 3. The van der Waals surface area contributed by atoms with Crippen molar-refractivity contribution in [2.75, 3.05) is 20.3 Å². The summed E-state index contributed by atoms with van der Waals surface area (Å²) in [6.45, 7) is 0.00585. The third-order valence-corrected chi connectivity index (χ3v) is 1.85. The van der Waals surface area contributed by atoms with Gasteiger partial charge >= 0.3 is 6.18 Å². The van der Waals surface area contributed by atoms with Crippen LogP contribution in [0.25, 0.3) is 0 Å². The van der Waals surface area contributed by atoms with Crippen LogP contribution in [0, 0.1) is 0 Å². The Morgan fingerprint density at radius 1 is 1.50 bits per heavy atom. The molecule has 1 atom stereocenters. The van der Waals surface area contributed by atoms with Crippen molar-refractivity contribution in [1.82, 2.24) is 5.32 Å². The van der Waals surface area contributed by atoms with E-state index in [4.69, 9.17) is 9.84 Å². The molecular formula is C9H16F3NO3. The predicted octanol–water partition coefficient (Wildman–Crippen LogP) is 0.842. The molecule has 16 heavy (non-hydrogen) atoms. The van der Waals surface area contributed by atoms with Crippen molar-refractivity contribution < 1.29 is 27.8 Å². The quantitative estimate of drug-likeness (QED) is 0.696. The number of alkyl halides is 3. The van der Waals surface area contributed by atoms with Crippen molar-refractivity contribution in [2.45, 2.75) is 31.5 Å². The zero-order chi connectivity index (χ0) is 12.6. The van der Waals surface area contributed by atoms with Gasteiger partial charge in [-0.25, -0.2) is 0 Å². The number of rotatable bonds is 7. The third-order valence-electron chi connectivity index (χ3n) is 1.85. The van der Waals surface area contributed by atoms with E-state index in [1.165, 1.54) is 7.11 Å². The summed E-state index contributed by atoms with van der Waals surface area (Å²) in [4.78, 5) is 11.1. The molecule has 0 aliphatic carbocycles. The molecule has 0 aliphatic rings. The van der Waals surface area contributed by atoms with E-state index >= 15 is 0 Å². The highest BCUT2D eigenvalue weighted by molar-refractivity contribution is 5.76. The molecule has 0 rings (SSSR count). The Balaban J connectivity index is 3.90. The number of amides is 1. The lowest BCUT2D eigenvalue weighted by molar-refractivity contribution is -0.144. The van der Waals surface area contributed by atoms with Gasteiger partial charge in [0.2, 0.25) is 5.91 Å². The largest absolute Gasteiger partial charge is 0.396 e. The van der Waals surface area contributed by atoms with Gasteiger partial charge in [0.25, 0.3) is 0 Å². The lowest BCUT2D eigenvalue weighted by atomic mass is 10.2. The van der Waals surface area contributed by atoms with Crippen LogP contribution >= 0.6 is 0 Å². The van der Waals surface area contributed by atoms with Crippen molar-refractivity contribution in [3.05, 3.63) is 0 Å². The van der Waals surface area contributed by atoms with E-state index in [0.29, 0.717) is 0 Å². The molecule has 0 aromatic heterocycles. The minimum absolute atomic E-state index is 0.159. The Morgan fingerprint density at radius 3 is 2.56 bits per heavy atom. The van der Waals surface area contributed by atoms with E-state index in [9.17, 15) is 18.0 Å². The Bertz CT molecular complexity index is 203. The fourth-order valence-corrected chi connectivity index (χ4v) is 1.11. The monoisotopic (exact) mass is 243 g/mol. The molecule has 96 valence electrons. The molecule has 1 amide bonds. The van der Waals surface area contributed by atoms with Gasteiger partial charge in [0.15, 0.2) is 0 Å². The van der Waals surface area contributed by atoms with Crippen molar-refractivity contribution in [3.8, 4) is 0 Å². The standard InChI is InChI=1S/C9H16F3NO3/c1-16-6-7(3-5-14)13-8(15)2-4-9(10,11)12/h7,14H,2-6H2,1H3,(H,13,15). The highest BCUT2D eigenvalue weighted by Gasteiger charge is 2.28. The fraction of sp³-hybridized carbons (Fsp3) is 0.889. The van der Waals surface area contributed by atoms with Gasteiger partial charge in [0, 0.05) is 20.1 Å². The van der Waals surface area contributed by atoms with E-state index in [1.54, 1.807) is 0 Å². The van der Waals surface area contributed by atoms with Crippen LogP contribution in [0.1, 0.15) is 19.3 Å². The summed E-state index contributed by atoms with van der Waals surface area (Å²) in [5.74, 6) is -0.687. The molecule has 2 N–H and O–H groups in total. The molecule has 4 nitrogen and oxygen atoms in total. The Morgan fingerprint density at radius 2 is 2.12 bits per heavy atom. The second kappa shape index (κ2) is 7.45. The number of aliphatic hydroxyl groups excluding tert-OH is 1. The van der Waals surface area contributed by atoms with Gasteiger partial charge in [-0.1, -0.05) is 0 Å². The molecule has 7 heteroatoms. The minimum Gasteiger partial charge on any atom is -0.396 e. The Kier molecular flexibility index (Phi) is 7.07. The average molecular weight is 243 g/mol. The van der Waals surface area contributed by atoms with Crippen molar-refractivity contribution in [3.63, 3.8) is 0 Å². The normalized spacial score (nSPS) is 13.6. The Hall–Kier alpha value is -0.820. The summed E-state index contributed by atoms with van der Waals surface area (Å²) in [6.07, 6.45) is -5.82. The van der Waals surface area contributed by atoms with E-state index < -0.39 is 31.0 Å². The molecule has 1 unspecified atom stereocenters. The highest BCUT2D eigenvalue weighted by atomic mass is 19.4. The van der Waals surface area contributed by atoms with E-state index in [1.807, 2.05) is 0 Å². The van der Waals surface area contributed by atoms with Crippen LogP contribution < -0.4 is 5.32 Å². The molecule has 0 spiro atoms. The van der Waals surface area contributed by atoms with E-state index in [-0.39, 0.29) is 19.6 Å². The molecule has 0 saturated heterocycles. The van der Waals surface area contributed by atoms with Crippen LogP contribution in [0.3, 0.4) is 0 Å². The molecule has 0 fully saturated rings. The molecule has 0 heterocycles. The molecule has 0 aromatic rings. The number of hydrogen-bond donors (Lipinski definition) is 2. The third kappa shape index (κ3) is 8.49. The number of hydrogen-bond acceptors (Lipinski definition) is 3. The molecule has 0 radical (unpaired) electrons. The SMILES string of the molecule is COCC(CCO)NC(=O)CCC(F)(F)F. The number of carbonyl (C=O) groups is 1. The molecule has 0 aromatic carbocycles. The zero-order valence-electron chi connectivity index (χ0n) is 9.01. The van der Waals surface area contributed by atoms with Gasteiger partial charge in [-0.15, -0.1) is 0 Å². The second-order valence-corrected chi connectivity index (χ2v) is 3.35. The summed E-state index contributed by atoms with van der Waals surface area (Å²) < 4.78 is 40.2. The first kappa shape index (κ1) is 15.2. The summed E-state index contributed by atoms with van der Waals surface area (Å²) in [6, 6.07) is -0.448. The number of aliphatic hydroxyl groups is 1. The predicted molar refractivity (Wildman–Crippen MR) is 50.8 cm³/mol. The molecule has 0 saturated carbocycles. The maximum Gasteiger partial charge on any atom is 0.389 e. The second-order valence-electron chi connectivity index (χ2n) is 3.35. The van der Waals surface area contributed by atoms with Crippen molar-refractivity contribution in [1.29, 1.82) is 0 Å². The highest BCUT2D eigenvalue weighted by Crippen LogP contribution is 2.21. The van der Waals surface area contributed by atoms with Crippen LogP contribution in [-0.4, -0.2) is 43.6 Å². The van der Waals surface area contributed by atoms with Gasteiger partial charge in [0.1, 0.15) is 0 Å². The van der Waals surface area contributed by atoms with Crippen molar-refractivity contribution >= 4 is 5.91 Å². The number of carbonyl (C=O) groups excluding carboxylic acids is 1. The van der Waals surface area contributed by atoms with Crippen LogP contribution in [-0.2, 0) is 9.53 Å². The molecular weight excluding hydrogens is 227 g/mol. The number of methoxy groups -OCH3 is 1. The van der Waals surface area contributed by atoms with Crippen LogP contribution in [0.2, 0.25) is 0 Å². The summed E-state index contributed by atoms with van der Waals surface area (Å²) >= 11 is 0. The first-order chi connectivity index (χ1) is 7.39. The van der Waals surface area contributed by atoms with Crippen molar-refractivity contribution in [2.24, 2.45) is 0 Å². The Labute approximate surface area is 91.8 Å². The van der Waals surface area contributed by atoms with Crippen LogP contribution in [0.15, 0.2) is 0 Å². The maximum atomic E-state index is 11.8. The smallest absolute Gasteiger partial charge is 0.389 e. The topological polar surface area (TPSA) is 58.6 Å². The van der Waals surface area contributed by atoms with E-state index in [2.05, 4.69) is 5.32 Å². The minimum atomic E-state index is -4.33. The first-order valence-electron chi connectivity index (χ1n) is 4.85. The van der Waals surface area contributed by atoms with Gasteiger partial charge in [0.05, 0.1) is 19.1 Å². The molecule has 0 bridgehead atoms. The lowest BCUT2D eigenvalue weighted by Crippen LogP contribution is -2.39.